The summed E-state index contributed by atoms with van der Waals surface area (Å²) in [7, 11) is 0. The highest BCUT2D eigenvalue weighted by Crippen LogP contribution is 2.32. The number of thiophene rings is 1. The van der Waals surface area contributed by atoms with Crippen LogP contribution in [0.1, 0.15) is 36.6 Å². The van der Waals surface area contributed by atoms with Crippen LogP contribution < -0.4 is 0 Å². The van der Waals surface area contributed by atoms with E-state index in [4.69, 9.17) is 5.26 Å². The third kappa shape index (κ3) is 2.30. The molecule has 0 amide bonds. The van der Waals surface area contributed by atoms with Gasteiger partial charge in [0.1, 0.15) is 0 Å². The van der Waals surface area contributed by atoms with Crippen molar-refractivity contribution < 1.29 is 8.78 Å². The maximum atomic E-state index is 12.3. The van der Waals surface area contributed by atoms with Crippen molar-refractivity contribution in [1.29, 1.82) is 5.26 Å². The molecule has 0 bridgehead atoms. The van der Waals surface area contributed by atoms with Gasteiger partial charge in [-0.2, -0.15) is 5.26 Å². The average Bonchev–Trinajstić information content (AvgIpc) is 2.53. The molecule has 0 aliphatic rings. The van der Waals surface area contributed by atoms with Crippen LogP contribution in [0, 0.1) is 17.2 Å². The Morgan fingerprint density at radius 1 is 1.43 bits per heavy atom. The topological polar surface area (TPSA) is 23.8 Å². The van der Waals surface area contributed by atoms with Gasteiger partial charge in [-0.25, -0.2) is 8.78 Å². The van der Waals surface area contributed by atoms with Crippen LogP contribution >= 0.6 is 11.3 Å². The Hall–Kier alpha value is -0.950. The summed E-state index contributed by atoms with van der Waals surface area (Å²) < 4.78 is 24.5. The molecule has 0 fully saturated rings. The van der Waals surface area contributed by atoms with Crippen molar-refractivity contribution in [3.8, 4) is 6.07 Å². The zero-order valence-corrected chi connectivity index (χ0v) is 8.81. The zero-order valence-electron chi connectivity index (χ0n) is 8.00. The molecule has 0 aromatic carbocycles. The number of nitrogens with zero attached hydrogens (tertiary/aromatic N) is 1. The minimum Gasteiger partial charge on any atom is -0.205 e. The van der Waals surface area contributed by atoms with Crippen LogP contribution in [-0.2, 0) is 0 Å². The Kier molecular flexibility index (Phi) is 3.59. The highest BCUT2D eigenvalue weighted by atomic mass is 32.1. The van der Waals surface area contributed by atoms with Crippen LogP contribution in [0.15, 0.2) is 11.4 Å². The predicted octanol–water partition coefficient (Wildman–Crippen LogP) is 3.95. The van der Waals surface area contributed by atoms with Crippen molar-refractivity contribution in [2.24, 2.45) is 5.92 Å². The smallest absolute Gasteiger partial charge is 0.205 e. The second-order valence-corrected chi connectivity index (χ2v) is 4.38. The van der Waals surface area contributed by atoms with Gasteiger partial charge >= 0.3 is 0 Å². The molecule has 1 nitrogen and oxygen atoms in total. The van der Waals surface area contributed by atoms with Gasteiger partial charge in [0.05, 0.1) is 12.0 Å². The van der Waals surface area contributed by atoms with E-state index in [1.165, 1.54) is 22.8 Å². The van der Waals surface area contributed by atoms with E-state index < -0.39 is 6.43 Å². The first-order chi connectivity index (χ1) is 6.56. The third-order valence-electron chi connectivity index (χ3n) is 2.00. The Bertz CT molecular complexity index is 338. The summed E-state index contributed by atoms with van der Waals surface area (Å²) in [6, 6.07) is 3.57. The van der Waals surface area contributed by atoms with Gasteiger partial charge in [-0.1, -0.05) is 13.8 Å². The van der Waals surface area contributed by atoms with Gasteiger partial charge in [-0.15, -0.1) is 11.3 Å². The fourth-order valence-electron chi connectivity index (χ4n) is 1.19. The molecule has 1 rings (SSSR count). The summed E-state index contributed by atoms with van der Waals surface area (Å²) in [6.07, 6.45) is -2.44. The minimum absolute atomic E-state index is 0.0194. The predicted molar refractivity (Wildman–Crippen MR) is 52.5 cm³/mol. The minimum atomic E-state index is -2.44. The number of nitriles is 1. The van der Waals surface area contributed by atoms with Crippen molar-refractivity contribution in [3.05, 3.63) is 21.9 Å². The molecule has 0 saturated heterocycles. The van der Waals surface area contributed by atoms with E-state index in [0.717, 1.165) is 4.88 Å². The third-order valence-corrected chi connectivity index (χ3v) is 3.04. The standard InChI is InChI=1S/C10H11F2NS/c1-6(2)8(4-13)9-3-7(5-14-9)10(11)12/h3,5-6,8,10H,1-2H3. The molecule has 1 aromatic heterocycles. The van der Waals surface area contributed by atoms with Crippen molar-refractivity contribution in [3.63, 3.8) is 0 Å². The Morgan fingerprint density at radius 3 is 2.43 bits per heavy atom. The van der Waals surface area contributed by atoms with Gasteiger partial charge in [-0.3, -0.25) is 0 Å². The van der Waals surface area contributed by atoms with E-state index in [9.17, 15) is 8.78 Å². The fourth-order valence-corrected chi connectivity index (χ4v) is 2.31. The molecule has 14 heavy (non-hydrogen) atoms. The number of alkyl halides is 2. The van der Waals surface area contributed by atoms with E-state index in [1.54, 1.807) is 0 Å². The molecule has 0 aliphatic heterocycles. The van der Waals surface area contributed by atoms with E-state index in [1.807, 2.05) is 13.8 Å². The van der Waals surface area contributed by atoms with E-state index in [2.05, 4.69) is 6.07 Å². The lowest BCUT2D eigenvalue weighted by Gasteiger charge is -2.09. The SMILES string of the molecule is CC(C)C(C#N)c1cc(C(F)F)cs1. The van der Waals surface area contributed by atoms with Gasteiger partial charge in [0.2, 0.25) is 0 Å². The first kappa shape index (κ1) is 11.1. The summed E-state index contributed by atoms with van der Waals surface area (Å²) >= 11 is 1.24. The molecule has 0 saturated carbocycles. The molecule has 0 spiro atoms. The molecule has 1 heterocycles. The number of hydrogen-bond acceptors (Lipinski definition) is 2. The van der Waals surface area contributed by atoms with Crippen LogP contribution in [-0.4, -0.2) is 0 Å². The molecule has 0 N–H and O–H groups in total. The molecular weight excluding hydrogens is 204 g/mol. The highest BCUT2D eigenvalue weighted by Gasteiger charge is 2.19. The highest BCUT2D eigenvalue weighted by molar-refractivity contribution is 7.10. The molecule has 0 aliphatic carbocycles. The lowest BCUT2D eigenvalue weighted by atomic mass is 9.95. The summed E-state index contributed by atoms with van der Waals surface area (Å²) in [4.78, 5) is 0.734. The summed E-state index contributed by atoms with van der Waals surface area (Å²) in [5, 5.41) is 10.3. The molecule has 1 atom stereocenters. The van der Waals surface area contributed by atoms with Crippen LogP contribution in [0.2, 0.25) is 0 Å². The number of halogens is 2. The summed E-state index contributed by atoms with van der Waals surface area (Å²) in [6.45, 7) is 3.82. The van der Waals surface area contributed by atoms with Crippen molar-refractivity contribution in [2.45, 2.75) is 26.2 Å². The lowest BCUT2D eigenvalue weighted by Crippen LogP contribution is -2.01. The first-order valence-electron chi connectivity index (χ1n) is 4.32. The van der Waals surface area contributed by atoms with E-state index in [-0.39, 0.29) is 17.4 Å². The fraction of sp³-hybridized carbons (Fsp3) is 0.500. The van der Waals surface area contributed by atoms with Gasteiger partial charge in [-0.05, 0) is 17.4 Å². The van der Waals surface area contributed by atoms with Crippen LogP contribution in [0.25, 0.3) is 0 Å². The van der Waals surface area contributed by atoms with Gasteiger partial charge in [0.15, 0.2) is 0 Å². The van der Waals surface area contributed by atoms with E-state index >= 15 is 0 Å². The largest absolute Gasteiger partial charge is 0.264 e. The number of rotatable bonds is 3. The van der Waals surface area contributed by atoms with Crippen molar-refractivity contribution in [1.82, 2.24) is 0 Å². The number of hydrogen-bond donors (Lipinski definition) is 0. The Balaban J connectivity index is 2.91. The van der Waals surface area contributed by atoms with Gasteiger partial charge in [0.25, 0.3) is 6.43 Å². The molecule has 1 unspecified atom stereocenters. The maximum absolute atomic E-state index is 12.3. The molecule has 0 radical (unpaired) electrons. The summed E-state index contributed by atoms with van der Waals surface area (Å²) in [5.74, 6) is -0.114. The lowest BCUT2D eigenvalue weighted by molar-refractivity contribution is 0.152. The Labute approximate surface area is 86.0 Å². The average molecular weight is 215 g/mol. The first-order valence-corrected chi connectivity index (χ1v) is 5.20. The monoisotopic (exact) mass is 215 g/mol. The molecule has 1 aromatic rings. The second-order valence-electron chi connectivity index (χ2n) is 3.43. The van der Waals surface area contributed by atoms with Crippen LogP contribution in [0.5, 0.6) is 0 Å². The molecule has 4 heteroatoms. The van der Waals surface area contributed by atoms with Crippen molar-refractivity contribution in [2.75, 3.05) is 0 Å². The van der Waals surface area contributed by atoms with Gasteiger partial charge in [0, 0.05) is 10.4 Å². The molecule has 76 valence electrons. The van der Waals surface area contributed by atoms with Crippen LogP contribution in [0.3, 0.4) is 0 Å². The van der Waals surface area contributed by atoms with E-state index in [0.29, 0.717) is 0 Å². The van der Waals surface area contributed by atoms with Crippen molar-refractivity contribution >= 4 is 11.3 Å². The van der Waals surface area contributed by atoms with Gasteiger partial charge < -0.3 is 0 Å². The second kappa shape index (κ2) is 4.52. The summed E-state index contributed by atoms with van der Waals surface area (Å²) in [5.41, 5.74) is 0.0194. The Morgan fingerprint density at radius 2 is 2.07 bits per heavy atom. The normalized spacial score (nSPS) is 13.2. The molecular formula is C10H11F2NS. The zero-order chi connectivity index (χ0) is 10.7. The maximum Gasteiger partial charge on any atom is 0.264 e. The quantitative estimate of drug-likeness (QED) is 0.749. The van der Waals surface area contributed by atoms with Crippen LogP contribution in [0.4, 0.5) is 8.78 Å².